The van der Waals surface area contributed by atoms with Gasteiger partial charge in [-0.3, -0.25) is 24.2 Å². The summed E-state index contributed by atoms with van der Waals surface area (Å²) in [5, 5.41) is 12.5. The van der Waals surface area contributed by atoms with E-state index < -0.39 is 29.4 Å². The van der Waals surface area contributed by atoms with Gasteiger partial charge in [0.2, 0.25) is 5.91 Å². The molecule has 330 valence electrons. The number of nitrogens with one attached hydrogen (secondary N) is 1. The van der Waals surface area contributed by atoms with Crippen molar-refractivity contribution < 1.29 is 33.5 Å². The normalized spacial score (nSPS) is 21.4. The zero-order chi connectivity index (χ0) is 44.3. The van der Waals surface area contributed by atoms with E-state index in [0.29, 0.717) is 50.4 Å². The summed E-state index contributed by atoms with van der Waals surface area (Å²) in [5.74, 6) is -0.256. The average molecular weight is 856 g/mol. The quantitative estimate of drug-likeness (QED) is 0.124. The number of nitrogens with zero attached hydrogens (tertiary/aromatic N) is 4. The SMILES string of the molecule is CNC(=O)C(CCC=O)N1C(=O)c2cc3c(cc2C1=O)CN(CC1(F)CCN(C)CC1)C3.O=CC1CCN(c2ccc([C@@H]3c4ccc(O)cc4CC[C@@H]3c3ccccc3)cc2)CC1. The largest absolute Gasteiger partial charge is 0.508 e. The molecule has 3 atom stereocenters. The molecule has 0 aromatic heterocycles. The van der Waals surface area contributed by atoms with Gasteiger partial charge >= 0.3 is 0 Å². The van der Waals surface area contributed by atoms with Crippen LogP contribution in [0.25, 0.3) is 0 Å². The molecule has 2 saturated heterocycles. The van der Waals surface area contributed by atoms with E-state index in [0.717, 1.165) is 74.2 Å². The van der Waals surface area contributed by atoms with Gasteiger partial charge in [0.25, 0.3) is 11.8 Å². The van der Waals surface area contributed by atoms with Crippen molar-refractivity contribution in [1.82, 2.24) is 20.0 Å². The number of amides is 3. The fourth-order valence-electron chi connectivity index (χ4n) is 10.4. The third-order valence-corrected chi connectivity index (χ3v) is 14.0. The number of aldehydes is 2. The van der Waals surface area contributed by atoms with E-state index in [-0.39, 0.29) is 35.8 Å². The molecule has 4 aliphatic heterocycles. The monoisotopic (exact) mass is 855 g/mol. The summed E-state index contributed by atoms with van der Waals surface area (Å²) in [5.41, 5.74) is 7.67. The highest BCUT2D eigenvalue weighted by atomic mass is 19.1. The summed E-state index contributed by atoms with van der Waals surface area (Å²) < 4.78 is 15.3. The van der Waals surface area contributed by atoms with Crippen LogP contribution in [0.1, 0.15) is 111 Å². The Bertz CT molecular complexity index is 2280. The first-order valence-corrected chi connectivity index (χ1v) is 22.4. The third kappa shape index (κ3) is 9.33. The molecular weight excluding hydrogens is 798 g/mol. The van der Waals surface area contributed by atoms with Gasteiger partial charge in [-0.15, -0.1) is 0 Å². The molecule has 1 aliphatic carbocycles. The van der Waals surface area contributed by atoms with Crippen LogP contribution >= 0.6 is 0 Å². The van der Waals surface area contributed by atoms with Gasteiger partial charge < -0.3 is 29.8 Å². The number of hydrogen-bond acceptors (Lipinski definition) is 9. The molecular formula is C51H58FN5O6. The standard InChI is InChI=1S/C28H29NO2.C23H29FN4O4/c30-19-20-14-16-29(17-15-20)24-9-6-22(7-10-24)28-26(21-4-2-1-3-5-21)12-8-23-18-25(31)11-13-27(23)28;1-25-20(30)19(4-3-9-29)28-21(31)17-10-15-12-27(13-16(15)11-18(17)22(28)32)14-23(24)5-7-26(2)8-6-23/h1-7,9-11,13,18-20,26,28,31H,8,12,14-17H2;9-11,19H,3-8,12-14H2,1-2H3,(H,25,30)/t26-,28+;/m1./s1. The molecule has 4 aromatic rings. The number of rotatable bonds is 11. The molecule has 2 fully saturated rings. The molecule has 63 heavy (non-hydrogen) atoms. The lowest BCUT2D eigenvalue weighted by Gasteiger charge is -2.36. The van der Waals surface area contributed by atoms with Gasteiger partial charge in [0.15, 0.2) is 0 Å². The number of alkyl halides is 1. The minimum atomic E-state index is -1.22. The number of phenols is 1. The Morgan fingerprint density at radius 3 is 2.10 bits per heavy atom. The molecule has 1 unspecified atom stereocenters. The van der Waals surface area contributed by atoms with Crippen molar-refractivity contribution in [1.29, 1.82) is 0 Å². The van der Waals surface area contributed by atoms with Gasteiger partial charge in [-0.25, -0.2) is 4.39 Å². The molecule has 4 aromatic carbocycles. The number of hydrogen-bond donors (Lipinski definition) is 2. The van der Waals surface area contributed by atoms with Crippen molar-refractivity contribution in [3.05, 3.63) is 129 Å². The first-order valence-electron chi connectivity index (χ1n) is 22.4. The minimum Gasteiger partial charge on any atom is -0.508 e. The van der Waals surface area contributed by atoms with Crippen molar-refractivity contribution in [3.8, 4) is 5.75 Å². The summed E-state index contributed by atoms with van der Waals surface area (Å²) in [7, 11) is 3.43. The maximum atomic E-state index is 15.3. The number of imide groups is 1. The van der Waals surface area contributed by atoms with E-state index in [9.17, 15) is 29.1 Å². The summed E-state index contributed by atoms with van der Waals surface area (Å²) in [6, 6.07) is 28.2. The smallest absolute Gasteiger partial charge is 0.262 e. The zero-order valence-electron chi connectivity index (χ0n) is 36.3. The Labute approximate surface area is 369 Å². The van der Waals surface area contributed by atoms with Gasteiger partial charge in [-0.1, -0.05) is 48.5 Å². The van der Waals surface area contributed by atoms with E-state index in [1.54, 1.807) is 12.1 Å². The number of likely N-dealkylation sites (N-methyl/N-ethyl adjacent to an activating group) is 1. The maximum Gasteiger partial charge on any atom is 0.262 e. The number of aromatic hydroxyl groups is 1. The molecule has 9 rings (SSSR count). The fraction of sp³-hybridized carbons (Fsp3) is 0.431. The van der Waals surface area contributed by atoms with Gasteiger partial charge in [0, 0.05) is 76.8 Å². The lowest BCUT2D eigenvalue weighted by Crippen LogP contribution is -2.48. The summed E-state index contributed by atoms with van der Waals surface area (Å²) in [4.78, 5) is 67.9. The molecule has 2 N–H and O–H groups in total. The number of aryl methyl sites for hydroxylation is 1. The lowest BCUT2D eigenvalue weighted by atomic mass is 9.69. The topological polar surface area (TPSA) is 131 Å². The highest BCUT2D eigenvalue weighted by Crippen LogP contribution is 2.47. The zero-order valence-corrected chi connectivity index (χ0v) is 36.3. The predicted octanol–water partition coefficient (Wildman–Crippen LogP) is 6.80. The van der Waals surface area contributed by atoms with Crippen LogP contribution in [0.2, 0.25) is 0 Å². The molecule has 4 heterocycles. The van der Waals surface area contributed by atoms with Crippen LogP contribution in [0, 0.1) is 5.92 Å². The Morgan fingerprint density at radius 1 is 0.841 bits per heavy atom. The average Bonchev–Trinajstić information content (AvgIpc) is 3.81. The number of carbonyl (C=O) groups is 5. The summed E-state index contributed by atoms with van der Waals surface area (Å²) in [6.45, 7) is 4.74. The second-order valence-corrected chi connectivity index (χ2v) is 18.1. The number of likely N-dealkylation sites (tertiary alicyclic amines) is 1. The maximum absolute atomic E-state index is 15.3. The van der Waals surface area contributed by atoms with Crippen LogP contribution in [-0.4, -0.2) is 109 Å². The number of halogens is 1. The molecule has 0 bridgehead atoms. The predicted molar refractivity (Wildman–Crippen MR) is 240 cm³/mol. The Balaban J connectivity index is 0.000000173. The first-order chi connectivity index (χ1) is 30.5. The third-order valence-electron chi connectivity index (χ3n) is 14.0. The van der Waals surface area contributed by atoms with Gasteiger partial charge in [0.1, 0.15) is 30.0 Å². The van der Waals surface area contributed by atoms with Crippen LogP contribution in [0.4, 0.5) is 10.1 Å². The molecule has 0 radical (unpaired) electrons. The number of benzene rings is 4. The van der Waals surface area contributed by atoms with E-state index in [2.05, 4.69) is 75.8 Å². The first kappa shape index (κ1) is 43.9. The van der Waals surface area contributed by atoms with Crippen molar-refractivity contribution >= 4 is 36.0 Å². The molecule has 11 nitrogen and oxygen atoms in total. The summed E-state index contributed by atoms with van der Waals surface area (Å²) >= 11 is 0. The van der Waals surface area contributed by atoms with E-state index >= 15 is 4.39 Å². The van der Waals surface area contributed by atoms with E-state index in [4.69, 9.17) is 0 Å². The van der Waals surface area contributed by atoms with Crippen LogP contribution in [0.5, 0.6) is 5.75 Å². The van der Waals surface area contributed by atoms with Crippen molar-refractivity contribution in [3.63, 3.8) is 0 Å². The van der Waals surface area contributed by atoms with E-state index in [1.807, 2.05) is 24.1 Å². The summed E-state index contributed by atoms with van der Waals surface area (Å²) in [6.07, 6.45) is 6.88. The van der Waals surface area contributed by atoms with Crippen LogP contribution in [0.15, 0.2) is 84.9 Å². The number of anilines is 1. The van der Waals surface area contributed by atoms with Crippen molar-refractivity contribution in [2.24, 2.45) is 5.92 Å². The molecule has 0 spiro atoms. The Kier molecular flexibility index (Phi) is 13.2. The van der Waals surface area contributed by atoms with E-state index in [1.165, 1.54) is 35.0 Å². The fourth-order valence-corrected chi connectivity index (χ4v) is 10.4. The Hall–Kier alpha value is -5.72. The van der Waals surface area contributed by atoms with Gasteiger partial charge in [0.05, 0.1) is 11.1 Å². The molecule has 5 aliphatic rings. The van der Waals surface area contributed by atoms with Crippen LogP contribution < -0.4 is 10.2 Å². The van der Waals surface area contributed by atoms with Crippen LogP contribution in [0.3, 0.4) is 0 Å². The number of piperidine rings is 2. The van der Waals surface area contributed by atoms with Crippen LogP contribution in [-0.2, 0) is 33.9 Å². The van der Waals surface area contributed by atoms with Gasteiger partial charge in [-0.2, -0.15) is 0 Å². The Morgan fingerprint density at radius 2 is 1.49 bits per heavy atom. The second kappa shape index (κ2) is 18.9. The number of phenolic OH excluding ortho intramolecular Hbond substituents is 1. The van der Waals surface area contributed by atoms with Crippen molar-refractivity contribution in [2.75, 3.05) is 51.7 Å². The second-order valence-electron chi connectivity index (χ2n) is 18.1. The lowest BCUT2D eigenvalue weighted by molar-refractivity contribution is -0.124. The highest BCUT2D eigenvalue weighted by Gasteiger charge is 2.44. The molecule has 3 amide bonds. The van der Waals surface area contributed by atoms with Crippen molar-refractivity contribution in [2.45, 2.75) is 88.0 Å². The molecule has 0 saturated carbocycles. The highest BCUT2D eigenvalue weighted by molar-refractivity contribution is 6.23. The van der Waals surface area contributed by atoms with Gasteiger partial charge in [-0.05, 0) is 128 Å². The molecule has 12 heteroatoms. The number of fused-ring (bicyclic) bond motifs is 3. The minimum absolute atomic E-state index is 0.0672. The number of carbonyl (C=O) groups excluding carboxylic acids is 5.